The molecule has 0 rings (SSSR count). The van der Waals surface area contributed by atoms with Crippen LogP contribution >= 0.6 is 7.82 Å². The second kappa shape index (κ2) is 55.6. The molecule has 0 aromatic heterocycles. The van der Waals surface area contributed by atoms with Crippen molar-refractivity contribution in [3.05, 3.63) is 97.2 Å². The molecule has 2 N–H and O–H groups in total. The second-order valence-electron chi connectivity index (χ2n) is 19.0. The Morgan fingerprint density at radius 1 is 0.392 bits per heavy atom. The van der Waals surface area contributed by atoms with Crippen LogP contribution in [-0.4, -0.2) is 66.5 Å². The summed E-state index contributed by atoms with van der Waals surface area (Å²) in [7, 11) is -4.78. The first-order valence-electron chi connectivity index (χ1n) is 29.1. The minimum absolute atomic E-state index is 0.0502. The van der Waals surface area contributed by atoms with Gasteiger partial charge in [0.15, 0.2) is 6.10 Å². The van der Waals surface area contributed by atoms with Crippen molar-refractivity contribution in [3.8, 4) is 0 Å². The first-order chi connectivity index (χ1) is 36.2. The molecule has 11 nitrogen and oxygen atoms in total. The van der Waals surface area contributed by atoms with Crippen LogP contribution in [0.2, 0.25) is 0 Å². The standard InChI is InChI=1S/C62H105O11P/c1-4-7-10-13-16-19-22-25-27-28-29-30-32-35-38-41-44-47-50-53-62(66)73-59(55-69-60(64)51-48-45-42-39-36-34-31-26-23-20-17-14-11-8-5-2)57-71-74(67,68)70-56-58(54-63)72-61(65)52-49-46-43-40-37-33-24-21-18-15-12-9-6-3/h8-9,11-12,17-18,20-21,26,31,33,36-37,39,43,46,58-59,63H,4-7,10,13-16,19,22-25,27-30,32,34-35,38,40-42,44-45,47-57H2,1-3H3,(H,67,68)/b11-8-,12-9-,20-17-,21-18-,31-26-,37-33-,39-36-,46-43-. The van der Waals surface area contributed by atoms with E-state index in [0.717, 1.165) is 83.5 Å². The number of phosphoric ester groups is 1. The Kier molecular flexibility index (Phi) is 52.9. The fourth-order valence-corrected chi connectivity index (χ4v) is 8.44. The van der Waals surface area contributed by atoms with E-state index in [9.17, 15) is 28.9 Å². The predicted octanol–water partition coefficient (Wildman–Crippen LogP) is 17.3. The van der Waals surface area contributed by atoms with Crippen LogP contribution in [-0.2, 0) is 42.2 Å². The number of rotatable bonds is 53. The van der Waals surface area contributed by atoms with Gasteiger partial charge in [0, 0.05) is 19.3 Å². The van der Waals surface area contributed by atoms with Gasteiger partial charge in [0.05, 0.1) is 19.8 Å². The van der Waals surface area contributed by atoms with Gasteiger partial charge in [0.25, 0.3) is 0 Å². The Morgan fingerprint density at radius 3 is 1.16 bits per heavy atom. The van der Waals surface area contributed by atoms with Crippen molar-refractivity contribution in [2.45, 2.75) is 251 Å². The highest BCUT2D eigenvalue weighted by Gasteiger charge is 2.28. The Labute approximate surface area is 451 Å². The summed E-state index contributed by atoms with van der Waals surface area (Å²) in [5.41, 5.74) is 0. The molecule has 0 spiro atoms. The highest BCUT2D eigenvalue weighted by atomic mass is 31.2. The minimum Gasteiger partial charge on any atom is -0.462 e. The van der Waals surface area contributed by atoms with Crippen LogP contribution in [0, 0.1) is 0 Å². The zero-order valence-electron chi connectivity index (χ0n) is 46.8. The van der Waals surface area contributed by atoms with Crippen molar-refractivity contribution in [1.82, 2.24) is 0 Å². The number of aliphatic hydroxyl groups excluding tert-OH is 1. The van der Waals surface area contributed by atoms with Gasteiger partial charge < -0.3 is 24.2 Å². The van der Waals surface area contributed by atoms with Crippen LogP contribution < -0.4 is 0 Å². The van der Waals surface area contributed by atoms with Crippen molar-refractivity contribution in [2.75, 3.05) is 26.4 Å². The zero-order valence-corrected chi connectivity index (χ0v) is 47.7. The largest absolute Gasteiger partial charge is 0.472 e. The molecule has 424 valence electrons. The van der Waals surface area contributed by atoms with Gasteiger partial charge in [0.1, 0.15) is 12.7 Å². The molecule has 0 radical (unpaired) electrons. The van der Waals surface area contributed by atoms with Crippen LogP contribution in [0.4, 0.5) is 0 Å². The number of aliphatic hydroxyl groups is 1. The summed E-state index contributed by atoms with van der Waals surface area (Å²) < 4.78 is 39.4. The molecule has 0 aromatic carbocycles. The maximum Gasteiger partial charge on any atom is 0.472 e. The Bertz CT molecular complexity index is 1610. The van der Waals surface area contributed by atoms with Gasteiger partial charge in [-0.3, -0.25) is 23.4 Å². The van der Waals surface area contributed by atoms with Crippen molar-refractivity contribution >= 4 is 25.7 Å². The molecular weight excluding hydrogens is 952 g/mol. The second-order valence-corrected chi connectivity index (χ2v) is 20.5. The van der Waals surface area contributed by atoms with E-state index in [2.05, 4.69) is 106 Å². The van der Waals surface area contributed by atoms with Crippen LogP contribution in [0.15, 0.2) is 97.2 Å². The maximum absolute atomic E-state index is 12.9. The molecule has 0 aromatic rings. The third-order valence-corrected chi connectivity index (χ3v) is 13.0. The fourth-order valence-electron chi connectivity index (χ4n) is 7.66. The van der Waals surface area contributed by atoms with Crippen molar-refractivity contribution in [1.29, 1.82) is 0 Å². The summed E-state index contributed by atoms with van der Waals surface area (Å²) in [6, 6.07) is 0. The van der Waals surface area contributed by atoms with E-state index in [0.29, 0.717) is 19.3 Å². The molecule has 0 bridgehead atoms. The first kappa shape index (κ1) is 70.4. The zero-order chi connectivity index (χ0) is 54.1. The van der Waals surface area contributed by atoms with Crippen LogP contribution in [0.25, 0.3) is 0 Å². The van der Waals surface area contributed by atoms with Gasteiger partial charge in [-0.2, -0.15) is 0 Å². The van der Waals surface area contributed by atoms with Crippen LogP contribution in [0.1, 0.15) is 239 Å². The lowest BCUT2D eigenvalue weighted by Gasteiger charge is -2.21. The van der Waals surface area contributed by atoms with Crippen LogP contribution in [0.3, 0.4) is 0 Å². The number of esters is 3. The van der Waals surface area contributed by atoms with E-state index in [1.54, 1.807) is 0 Å². The Hall–Kier alpha value is -3.60. The SMILES string of the molecule is CC/C=C\C/C=C\C/C=C\C/C=C\CCCCC(=O)OCC(COP(=O)(O)OCC(CO)OC(=O)CC/C=C\C/C=C\C/C=C\C/C=C\CC)OC(=O)CCCCCCCCCCCCCCCCCCCCC. The lowest BCUT2D eigenvalue weighted by molar-refractivity contribution is -0.161. The highest BCUT2D eigenvalue weighted by molar-refractivity contribution is 7.47. The topological polar surface area (TPSA) is 155 Å². The molecule has 0 saturated heterocycles. The van der Waals surface area contributed by atoms with Crippen molar-refractivity contribution in [3.63, 3.8) is 0 Å². The highest BCUT2D eigenvalue weighted by Crippen LogP contribution is 2.43. The lowest BCUT2D eigenvalue weighted by atomic mass is 10.0. The average molecular weight is 1060 g/mol. The predicted molar refractivity (Wildman–Crippen MR) is 307 cm³/mol. The summed E-state index contributed by atoms with van der Waals surface area (Å²) in [4.78, 5) is 48.5. The van der Waals surface area contributed by atoms with Gasteiger partial charge in [-0.15, -0.1) is 0 Å². The summed E-state index contributed by atoms with van der Waals surface area (Å²) in [5.74, 6) is -1.60. The number of hydrogen-bond donors (Lipinski definition) is 2. The minimum atomic E-state index is -4.78. The van der Waals surface area contributed by atoms with E-state index in [1.807, 2.05) is 12.2 Å². The first-order valence-corrected chi connectivity index (χ1v) is 30.6. The van der Waals surface area contributed by atoms with Gasteiger partial charge in [-0.05, 0) is 83.5 Å². The number of phosphoric acid groups is 1. The van der Waals surface area contributed by atoms with Crippen molar-refractivity contribution < 1.29 is 52.2 Å². The van der Waals surface area contributed by atoms with Crippen LogP contribution in [0.5, 0.6) is 0 Å². The smallest absolute Gasteiger partial charge is 0.462 e. The molecule has 0 aliphatic carbocycles. The third-order valence-electron chi connectivity index (χ3n) is 12.0. The molecule has 12 heteroatoms. The summed E-state index contributed by atoms with van der Waals surface area (Å²) in [6.07, 6.45) is 65.4. The molecule has 0 aliphatic rings. The lowest BCUT2D eigenvalue weighted by Crippen LogP contribution is -2.30. The van der Waals surface area contributed by atoms with Crippen molar-refractivity contribution in [2.24, 2.45) is 0 Å². The number of carbonyl (C=O) groups excluding carboxylic acids is 3. The molecular formula is C62H105O11P. The number of hydrogen-bond acceptors (Lipinski definition) is 10. The van der Waals surface area contributed by atoms with Gasteiger partial charge in [-0.25, -0.2) is 4.57 Å². The van der Waals surface area contributed by atoms with E-state index >= 15 is 0 Å². The number of unbranched alkanes of at least 4 members (excludes halogenated alkanes) is 20. The molecule has 0 aliphatic heterocycles. The number of carbonyl (C=O) groups is 3. The van der Waals surface area contributed by atoms with Gasteiger partial charge >= 0.3 is 25.7 Å². The number of allylic oxidation sites excluding steroid dienone is 16. The van der Waals surface area contributed by atoms with Gasteiger partial charge in [-0.1, -0.05) is 234 Å². The molecule has 74 heavy (non-hydrogen) atoms. The van der Waals surface area contributed by atoms with Gasteiger partial charge in [0.2, 0.25) is 0 Å². The summed E-state index contributed by atoms with van der Waals surface area (Å²) >= 11 is 0. The number of ether oxygens (including phenoxy) is 3. The normalized spacial score (nSPS) is 14.1. The van der Waals surface area contributed by atoms with E-state index in [1.165, 1.54) is 96.3 Å². The molecule has 0 fully saturated rings. The average Bonchev–Trinajstić information content (AvgIpc) is 3.39. The molecule has 3 atom stereocenters. The Balaban J connectivity index is 4.81. The molecule has 0 amide bonds. The van der Waals surface area contributed by atoms with E-state index < -0.39 is 57.8 Å². The Morgan fingerprint density at radius 2 is 0.730 bits per heavy atom. The molecule has 3 unspecified atom stereocenters. The summed E-state index contributed by atoms with van der Waals surface area (Å²) in [6.45, 7) is 4.30. The molecule has 0 heterocycles. The monoisotopic (exact) mass is 1060 g/mol. The van der Waals surface area contributed by atoms with E-state index in [-0.39, 0.29) is 25.9 Å². The fraction of sp³-hybridized carbons (Fsp3) is 0.694. The molecule has 0 saturated carbocycles. The quantitative estimate of drug-likeness (QED) is 0.0197. The van der Waals surface area contributed by atoms with E-state index in [4.69, 9.17) is 23.3 Å². The third kappa shape index (κ3) is 53.2. The maximum atomic E-state index is 12.9. The summed E-state index contributed by atoms with van der Waals surface area (Å²) in [5, 5.41) is 9.79.